The zero-order valence-corrected chi connectivity index (χ0v) is 7.16. The lowest BCUT2D eigenvalue weighted by atomic mass is 10.2. The first-order valence-corrected chi connectivity index (χ1v) is 3.65. The summed E-state index contributed by atoms with van der Waals surface area (Å²) in [5.74, 6) is -3.55. The van der Waals surface area contributed by atoms with Crippen LogP contribution in [0.2, 0.25) is 0 Å². The molecule has 1 aromatic rings. The topological polar surface area (TPSA) is 30.0 Å². The van der Waals surface area contributed by atoms with E-state index < -0.39 is 34.7 Å². The Morgan fingerprint density at radius 3 is 2.43 bits per heavy atom. The maximum Gasteiger partial charge on any atom is 0.270 e. The number of hydrogen-bond donors (Lipinski definition) is 0. The summed E-state index contributed by atoms with van der Waals surface area (Å²) in [5.41, 5.74) is -1.98. The van der Waals surface area contributed by atoms with E-state index in [2.05, 4.69) is 4.98 Å². The molecule has 0 radical (unpaired) electrons. The lowest BCUT2D eigenvalue weighted by Gasteiger charge is -2.03. The average Bonchev–Trinajstić information content (AvgIpc) is 2.08. The van der Waals surface area contributed by atoms with Gasteiger partial charge in [-0.15, -0.1) is 0 Å². The third kappa shape index (κ3) is 2.01. The summed E-state index contributed by atoms with van der Waals surface area (Å²) in [5, 5.41) is -1.23. The molecule has 0 fully saturated rings. The molecule has 2 nitrogen and oxygen atoms in total. The van der Waals surface area contributed by atoms with E-state index in [9.17, 15) is 22.4 Å². The minimum absolute atomic E-state index is 0.415. The number of aromatic nitrogens is 1. The van der Waals surface area contributed by atoms with E-state index in [1.54, 1.807) is 0 Å². The Bertz CT molecular complexity index is 382. The smallest absolute Gasteiger partial charge is 0.270 e. The van der Waals surface area contributed by atoms with Gasteiger partial charge in [0.1, 0.15) is 5.69 Å². The van der Waals surface area contributed by atoms with E-state index in [0.717, 1.165) is 0 Å². The normalized spacial score (nSPS) is 10.7. The average molecular weight is 228 g/mol. The Labute approximate surface area is 80.5 Å². The van der Waals surface area contributed by atoms with Crippen molar-refractivity contribution >= 4 is 16.8 Å². The van der Waals surface area contributed by atoms with Gasteiger partial charge in [0.15, 0.2) is 5.82 Å². The highest BCUT2D eigenvalue weighted by Crippen LogP contribution is 2.24. The predicted molar refractivity (Wildman–Crippen MR) is 39.3 cm³/mol. The number of hydrogen-bond acceptors (Lipinski definition) is 2. The van der Waals surface area contributed by atoms with E-state index in [0.29, 0.717) is 6.07 Å². The van der Waals surface area contributed by atoms with Crippen LogP contribution in [0.5, 0.6) is 0 Å². The van der Waals surface area contributed by atoms with Gasteiger partial charge in [0.05, 0.1) is 5.56 Å². The zero-order valence-electron chi connectivity index (χ0n) is 6.40. The highest BCUT2D eigenvalue weighted by atomic mass is 35.5. The number of carbonyl (C=O) groups is 1. The number of pyridine rings is 1. The van der Waals surface area contributed by atoms with Crippen molar-refractivity contribution in [3.8, 4) is 0 Å². The molecule has 76 valence electrons. The van der Waals surface area contributed by atoms with Gasteiger partial charge < -0.3 is 0 Å². The van der Waals surface area contributed by atoms with E-state index in [1.165, 1.54) is 0 Å². The SMILES string of the molecule is O=C(Cl)c1cc(C(F)F)c(F)c(F)n1. The van der Waals surface area contributed by atoms with Crippen molar-refractivity contribution in [2.75, 3.05) is 0 Å². The number of alkyl halides is 2. The van der Waals surface area contributed by atoms with Gasteiger partial charge in [-0.25, -0.2) is 18.2 Å². The van der Waals surface area contributed by atoms with E-state index >= 15 is 0 Å². The number of nitrogens with zero attached hydrogens (tertiary/aromatic N) is 1. The van der Waals surface area contributed by atoms with Crippen molar-refractivity contribution in [1.29, 1.82) is 0 Å². The molecule has 0 atom stereocenters. The second-order valence-corrected chi connectivity index (χ2v) is 2.62. The van der Waals surface area contributed by atoms with Crippen molar-refractivity contribution < 1.29 is 22.4 Å². The molecular weight excluding hydrogens is 226 g/mol. The first-order valence-electron chi connectivity index (χ1n) is 3.27. The fraction of sp³-hybridized carbons (Fsp3) is 0.143. The summed E-state index contributed by atoms with van der Waals surface area (Å²) in [6.45, 7) is 0. The largest absolute Gasteiger partial charge is 0.274 e. The lowest BCUT2D eigenvalue weighted by Crippen LogP contribution is -2.04. The Hall–Kier alpha value is -1.17. The summed E-state index contributed by atoms with van der Waals surface area (Å²) >= 11 is 4.87. The molecule has 0 bridgehead atoms. The first-order chi connectivity index (χ1) is 6.43. The molecule has 1 aromatic heterocycles. The summed E-state index contributed by atoms with van der Waals surface area (Å²) in [6.07, 6.45) is -3.23. The molecule has 1 rings (SSSR count). The van der Waals surface area contributed by atoms with Crippen LogP contribution in [0.25, 0.3) is 0 Å². The summed E-state index contributed by atoms with van der Waals surface area (Å²) in [6, 6.07) is 0.415. The van der Waals surface area contributed by atoms with Crippen molar-refractivity contribution in [2.24, 2.45) is 0 Å². The third-order valence-corrected chi connectivity index (χ3v) is 1.58. The molecule has 0 unspecified atom stereocenters. The van der Waals surface area contributed by atoms with Crippen LogP contribution < -0.4 is 0 Å². The summed E-state index contributed by atoms with van der Waals surface area (Å²) in [4.78, 5) is 13.2. The monoisotopic (exact) mass is 227 g/mol. The molecule has 0 spiro atoms. The maximum atomic E-state index is 12.6. The van der Waals surface area contributed by atoms with Gasteiger partial charge in [-0.2, -0.15) is 4.39 Å². The van der Waals surface area contributed by atoms with Gasteiger partial charge in [-0.05, 0) is 17.7 Å². The minimum Gasteiger partial charge on any atom is -0.274 e. The molecule has 0 aromatic carbocycles. The van der Waals surface area contributed by atoms with Crippen molar-refractivity contribution in [2.45, 2.75) is 6.43 Å². The summed E-state index contributed by atoms with van der Waals surface area (Å²) in [7, 11) is 0. The molecule has 0 N–H and O–H groups in total. The van der Waals surface area contributed by atoms with Crippen LogP contribution in [0.3, 0.4) is 0 Å². The van der Waals surface area contributed by atoms with Crippen molar-refractivity contribution in [3.05, 3.63) is 29.1 Å². The predicted octanol–water partition coefficient (Wildman–Crippen LogP) is 2.68. The fourth-order valence-electron chi connectivity index (χ4n) is 0.776. The molecular formula is C7H2ClF4NO. The minimum atomic E-state index is -3.23. The third-order valence-electron chi connectivity index (χ3n) is 1.38. The highest BCUT2D eigenvalue weighted by Gasteiger charge is 2.21. The molecule has 0 saturated carbocycles. The summed E-state index contributed by atoms with van der Waals surface area (Å²) < 4.78 is 49.3. The Morgan fingerprint density at radius 1 is 1.43 bits per heavy atom. The van der Waals surface area contributed by atoms with Crippen LogP contribution in [-0.2, 0) is 0 Å². The van der Waals surface area contributed by atoms with Crippen LogP contribution in [-0.4, -0.2) is 10.2 Å². The highest BCUT2D eigenvalue weighted by molar-refractivity contribution is 6.67. The number of carbonyl (C=O) groups excluding carboxylic acids is 1. The fourth-order valence-corrected chi connectivity index (χ4v) is 0.873. The standard InChI is InChI=1S/C7H2ClF4NO/c8-5(14)3-1-2(6(10)11)4(9)7(12)13-3/h1,6H. The quantitative estimate of drug-likeness (QED) is 0.442. The molecule has 0 saturated heterocycles. The first kappa shape index (κ1) is 10.9. The van der Waals surface area contributed by atoms with Crippen LogP contribution in [0.1, 0.15) is 22.5 Å². The maximum absolute atomic E-state index is 12.6. The van der Waals surface area contributed by atoms with Crippen molar-refractivity contribution in [3.63, 3.8) is 0 Å². The van der Waals surface area contributed by atoms with Gasteiger partial charge in [0.25, 0.3) is 11.7 Å². The lowest BCUT2D eigenvalue weighted by molar-refractivity contribution is 0.107. The molecule has 0 aliphatic carbocycles. The second-order valence-electron chi connectivity index (χ2n) is 2.28. The molecule has 7 heteroatoms. The van der Waals surface area contributed by atoms with Crippen LogP contribution >= 0.6 is 11.6 Å². The number of halogens is 5. The molecule has 0 aliphatic heterocycles. The van der Waals surface area contributed by atoms with Gasteiger partial charge in [-0.3, -0.25) is 4.79 Å². The van der Waals surface area contributed by atoms with E-state index in [4.69, 9.17) is 11.6 Å². The molecule has 0 amide bonds. The molecule has 14 heavy (non-hydrogen) atoms. The Morgan fingerprint density at radius 2 is 2.00 bits per heavy atom. The van der Waals surface area contributed by atoms with Gasteiger partial charge in [0, 0.05) is 0 Å². The van der Waals surface area contributed by atoms with E-state index in [1.807, 2.05) is 0 Å². The number of rotatable bonds is 2. The Balaban J connectivity index is 3.35. The second kappa shape index (κ2) is 3.91. The van der Waals surface area contributed by atoms with Gasteiger partial charge in [0.2, 0.25) is 5.95 Å². The van der Waals surface area contributed by atoms with Gasteiger partial charge >= 0.3 is 0 Å². The van der Waals surface area contributed by atoms with Crippen LogP contribution in [0, 0.1) is 11.8 Å². The van der Waals surface area contributed by atoms with Crippen molar-refractivity contribution in [1.82, 2.24) is 4.98 Å². The zero-order chi connectivity index (χ0) is 10.9. The molecule has 1 heterocycles. The van der Waals surface area contributed by atoms with Gasteiger partial charge in [-0.1, -0.05) is 0 Å². The van der Waals surface area contributed by atoms with E-state index in [-0.39, 0.29) is 0 Å². The molecule has 0 aliphatic rings. The Kier molecular flexibility index (Phi) is 3.05. The van der Waals surface area contributed by atoms with Crippen LogP contribution in [0.15, 0.2) is 6.07 Å². The van der Waals surface area contributed by atoms with Crippen LogP contribution in [0.4, 0.5) is 17.6 Å².